The van der Waals surface area contributed by atoms with E-state index in [-0.39, 0.29) is 17.5 Å². The van der Waals surface area contributed by atoms with Crippen LogP contribution in [0, 0.1) is 28.8 Å². The molecule has 0 aliphatic carbocycles. The van der Waals surface area contributed by atoms with Gasteiger partial charge in [-0.05, 0) is 42.5 Å². The van der Waals surface area contributed by atoms with E-state index in [9.17, 15) is 23.2 Å². The molecule has 0 bridgehead atoms. The number of hydrogen-bond acceptors (Lipinski definition) is 5. The van der Waals surface area contributed by atoms with Crippen molar-refractivity contribution < 1.29 is 22.7 Å². The van der Waals surface area contributed by atoms with Crippen molar-refractivity contribution in [1.29, 1.82) is 5.26 Å². The van der Waals surface area contributed by atoms with Crippen molar-refractivity contribution in [2.24, 2.45) is 0 Å². The summed E-state index contributed by atoms with van der Waals surface area (Å²) in [7, 11) is 0. The Morgan fingerprint density at radius 1 is 1.09 bits per heavy atom. The van der Waals surface area contributed by atoms with Crippen molar-refractivity contribution >= 4 is 17.3 Å². The second-order valence-electron chi connectivity index (χ2n) is 7.51. The fourth-order valence-corrected chi connectivity index (χ4v) is 3.68. The lowest BCUT2D eigenvalue weighted by Crippen LogP contribution is -2.38. The minimum absolute atomic E-state index is 0.00133. The van der Waals surface area contributed by atoms with Gasteiger partial charge >= 0.3 is 0 Å². The Morgan fingerprint density at radius 3 is 2.58 bits per heavy atom. The molecule has 4 rings (SSSR count). The van der Waals surface area contributed by atoms with Gasteiger partial charge in [-0.15, -0.1) is 0 Å². The van der Waals surface area contributed by atoms with E-state index < -0.39 is 23.4 Å². The summed E-state index contributed by atoms with van der Waals surface area (Å²) in [6, 6.07) is 12.6. The molecule has 1 amide bonds. The number of nitriles is 1. The predicted octanol–water partition coefficient (Wildman–Crippen LogP) is 4.67. The van der Waals surface area contributed by atoms with Crippen LogP contribution in [0.15, 0.2) is 54.7 Å². The van der Waals surface area contributed by atoms with Crippen molar-refractivity contribution in [1.82, 2.24) is 4.98 Å². The van der Waals surface area contributed by atoms with Crippen LogP contribution in [-0.4, -0.2) is 30.1 Å². The number of carbonyl (C=O) groups is 1. The Morgan fingerprint density at radius 2 is 1.88 bits per heavy atom. The van der Waals surface area contributed by atoms with Crippen molar-refractivity contribution in [2.75, 3.05) is 23.3 Å². The number of rotatable bonds is 5. The maximum absolute atomic E-state index is 14.0. The van der Waals surface area contributed by atoms with Gasteiger partial charge in [-0.2, -0.15) is 5.26 Å². The van der Waals surface area contributed by atoms with Crippen molar-refractivity contribution in [3.05, 3.63) is 83.4 Å². The SMILES string of the molecule is N#Cc1ccc(N2CCC(Oc3ccc(F)cc3F)CC2)c(NC(=O)c2ncccc2F)c1. The molecule has 0 spiro atoms. The molecule has 33 heavy (non-hydrogen) atoms. The number of nitrogens with zero attached hydrogens (tertiary/aromatic N) is 3. The largest absolute Gasteiger partial charge is 0.487 e. The van der Waals surface area contributed by atoms with Crippen molar-refractivity contribution in [2.45, 2.75) is 18.9 Å². The summed E-state index contributed by atoms with van der Waals surface area (Å²) in [5, 5.41) is 11.9. The Hall–Kier alpha value is -4.06. The van der Waals surface area contributed by atoms with E-state index in [0.29, 0.717) is 42.9 Å². The van der Waals surface area contributed by atoms with Crippen LogP contribution >= 0.6 is 0 Å². The van der Waals surface area contributed by atoms with Crippen LogP contribution in [0.4, 0.5) is 24.5 Å². The molecule has 6 nitrogen and oxygen atoms in total. The number of ether oxygens (including phenoxy) is 1. The fourth-order valence-electron chi connectivity index (χ4n) is 3.68. The lowest BCUT2D eigenvalue weighted by Gasteiger charge is -2.34. The third-order valence-corrected chi connectivity index (χ3v) is 5.32. The Bertz CT molecular complexity index is 1220. The average Bonchev–Trinajstić information content (AvgIpc) is 2.81. The van der Waals surface area contributed by atoms with Gasteiger partial charge in [0.15, 0.2) is 23.1 Å². The van der Waals surface area contributed by atoms with E-state index in [2.05, 4.69) is 10.3 Å². The van der Waals surface area contributed by atoms with Crippen LogP contribution in [0.1, 0.15) is 28.9 Å². The lowest BCUT2D eigenvalue weighted by atomic mass is 10.1. The highest BCUT2D eigenvalue weighted by atomic mass is 19.1. The van der Waals surface area contributed by atoms with E-state index in [1.165, 1.54) is 24.4 Å². The molecule has 2 aromatic carbocycles. The molecule has 9 heteroatoms. The number of nitrogens with one attached hydrogen (secondary N) is 1. The number of anilines is 2. The zero-order valence-electron chi connectivity index (χ0n) is 17.4. The monoisotopic (exact) mass is 452 g/mol. The summed E-state index contributed by atoms with van der Waals surface area (Å²) < 4.78 is 46.7. The first-order valence-electron chi connectivity index (χ1n) is 10.3. The van der Waals surface area contributed by atoms with E-state index in [1.807, 2.05) is 11.0 Å². The smallest absolute Gasteiger partial charge is 0.277 e. The molecular weight excluding hydrogens is 433 g/mol. The maximum Gasteiger partial charge on any atom is 0.277 e. The van der Waals surface area contributed by atoms with Crippen LogP contribution in [0.25, 0.3) is 0 Å². The molecule has 1 fully saturated rings. The van der Waals surface area contributed by atoms with Gasteiger partial charge < -0.3 is 15.0 Å². The second-order valence-corrected chi connectivity index (χ2v) is 7.51. The molecule has 0 radical (unpaired) electrons. The van der Waals surface area contributed by atoms with Gasteiger partial charge in [0.25, 0.3) is 5.91 Å². The highest BCUT2D eigenvalue weighted by Gasteiger charge is 2.24. The molecule has 3 aromatic rings. The van der Waals surface area contributed by atoms with E-state index >= 15 is 0 Å². The van der Waals surface area contributed by atoms with Crippen LogP contribution in [-0.2, 0) is 0 Å². The van der Waals surface area contributed by atoms with Crippen LogP contribution in [0.3, 0.4) is 0 Å². The molecule has 1 aliphatic heterocycles. The van der Waals surface area contributed by atoms with Crippen LogP contribution in [0.5, 0.6) is 5.75 Å². The molecule has 0 saturated carbocycles. The number of piperidine rings is 1. The first-order chi connectivity index (χ1) is 15.9. The summed E-state index contributed by atoms with van der Waals surface area (Å²) in [5.41, 5.74) is 0.998. The summed E-state index contributed by atoms with van der Waals surface area (Å²) in [6.45, 7) is 1.06. The lowest BCUT2D eigenvalue weighted by molar-refractivity contribution is 0.101. The molecule has 1 N–H and O–H groups in total. The Balaban J connectivity index is 1.48. The second kappa shape index (κ2) is 9.61. The molecule has 168 valence electrons. The van der Waals surface area contributed by atoms with Crippen molar-refractivity contribution in [3.8, 4) is 11.8 Å². The minimum atomic E-state index is -0.753. The number of halogens is 3. The molecule has 1 aromatic heterocycles. The minimum Gasteiger partial charge on any atom is -0.487 e. The van der Waals surface area contributed by atoms with Gasteiger partial charge in [0.1, 0.15) is 11.9 Å². The number of carbonyl (C=O) groups excluding carboxylic acids is 1. The van der Waals surface area contributed by atoms with Gasteiger partial charge in [-0.1, -0.05) is 0 Å². The summed E-state index contributed by atoms with van der Waals surface area (Å²) in [5.74, 6) is -2.90. The fraction of sp³-hybridized carbons (Fsp3) is 0.208. The zero-order valence-corrected chi connectivity index (χ0v) is 17.4. The normalized spacial score (nSPS) is 13.9. The molecule has 1 saturated heterocycles. The summed E-state index contributed by atoms with van der Waals surface area (Å²) in [6.07, 6.45) is 2.16. The predicted molar refractivity (Wildman–Crippen MR) is 116 cm³/mol. The van der Waals surface area contributed by atoms with Gasteiger partial charge in [0.2, 0.25) is 0 Å². The summed E-state index contributed by atoms with van der Waals surface area (Å²) >= 11 is 0. The number of benzene rings is 2. The van der Waals surface area contributed by atoms with Crippen molar-refractivity contribution in [3.63, 3.8) is 0 Å². The Kier molecular flexibility index (Phi) is 6.45. The molecule has 2 heterocycles. The highest BCUT2D eigenvalue weighted by Crippen LogP contribution is 2.31. The topological polar surface area (TPSA) is 78.3 Å². The number of pyridine rings is 1. The molecule has 1 aliphatic rings. The van der Waals surface area contributed by atoms with Crippen LogP contribution < -0.4 is 15.0 Å². The van der Waals surface area contributed by atoms with Gasteiger partial charge in [0, 0.05) is 38.2 Å². The first kappa shape index (κ1) is 22.1. The third-order valence-electron chi connectivity index (χ3n) is 5.32. The maximum atomic E-state index is 14.0. The molecule has 0 unspecified atom stereocenters. The average molecular weight is 452 g/mol. The van der Waals surface area contributed by atoms with E-state index in [4.69, 9.17) is 4.74 Å². The number of aromatic nitrogens is 1. The zero-order chi connectivity index (χ0) is 23.4. The van der Waals surface area contributed by atoms with E-state index in [0.717, 1.165) is 18.2 Å². The highest BCUT2D eigenvalue weighted by molar-refractivity contribution is 6.05. The van der Waals surface area contributed by atoms with Gasteiger partial charge in [-0.3, -0.25) is 4.79 Å². The third kappa shape index (κ3) is 5.06. The molecule has 0 atom stereocenters. The van der Waals surface area contributed by atoms with Gasteiger partial charge in [-0.25, -0.2) is 18.2 Å². The number of amides is 1. The Labute approximate surface area is 188 Å². The summed E-state index contributed by atoms with van der Waals surface area (Å²) in [4.78, 5) is 18.4. The number of hydrogen-bond donors (Lipinski definition) is 1. The van der Waals surface area contributed by atoms with Crippen LogP contribution in [0.2, 0.25) is 0 Å². The van der Waals surface area contributed by atoms with E-state index in [1.54, 1.807) is 12.1 Å². The quantitative estimate of drug-likeness (QED) is 0.609. The first-order valence-corrected chi connectivity index (χ1v) is 10.3. The standard InChI is InChI=1S/C24H19F3N4O2/c25-16-4-6-22(19(27)13-16)33-17-7-10-31(11-8-17)21-5-3-15(14-28)12-20(21)30-24(32)23-18(26)2-1-9-29-23/h1-6,9,12-13,17H,7-8,10-11H2,(H,30,32). The van der Waals surface area contributed by atoms with Gasteiger partial charge in [0.05, 0.1) is 23.0 Å². The molecular formula is C24H19F3N4O2.